The molecule has 0 atom stereocenters. The van der Waals surface area contributed by atoms with E-state index in [1.165, 1.54) is 4.31 Å². The Balaban J connectivity index is 1.92. The molecule has 0 amide bonds. The second kappa shape index (κ2) is 11.3. The van der Waals surface area contributed by atoms with E-state index in [0.717, 1.165) is 32.9 Å². The normalized spacial score (nSPS) is 11.8. The van der Waals surface area contributed by atoms with Crippen molar-refractivity contribution in [3.05, 3.63) is 69.4 Å². The van der Waals surface area contributed by atoms with Gasteiger partial charge in [0.1, 0.15) is 15.2 Å². The summed E-state index contributed by atoms with van der Waals surface area (Å²) in [5.74, 6) is 1.44. The highest BCUT2D eigenvalue weighted by Crippen LogP contribution is 2.24. The van der Waals surface area contributed by atoms with Gasteiger partial charge in [-0.15, -0.1) is 0 Å². The first-order valence-electron chi connectivity index (χ1n) is 10.4. The molecule has 0 N–H and O–H groups in total. The third-order valence-electron chi connectivity index (χ3n) is 5.11. The van der Waals surface area contributed by atoms with Gasteiger partial charge in [0.2, 0.25) is 0 Å². The summed E-state index contributed by atoms with van der Waals surface area (Å²) in [4.78, 5) is 2.03. The van der Waals surface area contributed by atoms with Gasteiger partial charge in [-0.05, 0) is 72.1 Å². The fraction of sp³-hybridized carbons (Fsp3) is 0.348. The van der Waals surface area contributed by atoms with Crippen LogP contribution in [0.4, 0.5) is 0 Å². The van der Waals surface area contributed by atoms with Crippen molar-refractivity contribution in [2.75, 3.05) is 34.9 Å². The number of likely N-dealkylation sites (N-methyl/N-ethyl adjacent to an activating group) is 1. The van der Waals surface area contributed by atoms with Gasteiger partial charge in [-0.2, -0.15) is 9.40 Å². The van der Waals surface area contributed by atoms with E-state index in [9.17, 15) is 8.42 Å². The molecule has 10 heteroatoms. The maximum absolute atomic E-state index is 13.7. The lowest BCUT2D eigenvalue weighted by Gasteiger charge is -2.21. The van der Waals surface area contributed by atoms with E-state index in [1.807, 2.05) is 67.5 Å². The van der Waals surface area contributed by atoms with E-state index in [2.05, 4.69) is 27.7 Å². The van der Waals surface area contributed by atoms with E-state index < -0.39 is 10.0 Å². The Morgan fingerprint density at radius 2 is 1.39 bits per heavy atom. The van der Waals surface area contributed by atoms with Gasteiger partial charge in [0, 0.05) is 25.7 Å². The third-order valence-corrected chi connectivity index (χ3v) is 7.64. The van der Waals surface area contributed by atoms with Gasteiger partial charge in [-0.3, -0.25) is 4.68 Å². The molecular formula is C23H29IN4O4S. The van der Waals surface area contributed by atoms with Gasteiger partial charge in [-0.1, -0.05) is 24.3 Å². The molecule has 0 radical (unpaired) electrons. The Morgan fingerprint density at radius 1 is 0.909 bits per heavy atom. The average Bonchev–Trinajstić information content (AvgIpc) is 3.19. The highest BCUT2D eigenvalue weighted by Gasteiger charge is 2.28. The monoisotopic (exact) mass is 584 g/mol. The van der Waals surface area contributed by atoms with Crippen LogP contribution in [-0.2, 0) is 29.7 Å². The minimum absolute atomic E-state index is 0.0488. The fourth-order valence-electron chi connectivity index (χ4n) is 3.18. The van der Waals surface area contributed by atoms with Crippen molar-refractivity contribution in [3.8, 4) is 11.5 Å². The first kappa shape index (κ1) is 25.5. The number of hydrogen-bond acceptors (Lipinski definition) is 6. The van der Waals surface area contributed by atoms with Crippen LogP contribution in [0.1, 0.15) is 11.1 Å². The summed E-state index contributed by atoms with van der Waals surface area (Å²) in [6.07, 6.45) is 0. The average molecular weight is 584 g/mol. The Bertz CT molecular complexity index is 1100. The molecule has 0 spiro atoms. The van der Waals surface area contributed by atoms with E-state index in [4.69, 9.17) is 9.47 Å². The van der Waals surface area contributed by atoms with Crippen LogP contribution in [0.5, 0.6) is 11.5 Å². The quantitative estimate of drug-likeness (QED) is 0.322. The fourth-order valence-corrected chi connectivity index (χ4v) is 5.40. The van der Waals surface area contributed by atoms with Crippen molar-refractivity contribution in [2.24, 2.45) is 0 Å². The van der Waals surface area contributed by atoms with E-state index in [-0.39, 0.29) is 18.1 Å². The van der Waals surface area contributed by atoms with E-state index in [1.54, 1.807) is 25.0 Å². The lowest BCUT2D eigenvalue weighted by Crippen LogP contribution is -2.31. The van der Waals surface area contributed by atoms with E-state index in [0.29, 0.717) is 6.54 Å². The summed E-state index contributed by atoms with van der Waals surface area (Å²) in [7, 11) is 3.30. The molecule has 1 aromatic heterocycles. The van der Waals surface area contributed by atoms with Gasteiger partial charge in [0.15, 0.2) is 5.03 Å². The molecule has 0 unspecified atom stereocenters. The van der Waals surface area contributed by atoms with Crippen LogP contribution < -0.4 is 9.47 Å². The van der Waals surface area contributed by atoms with Crippen molar-refractivity contribution in [1.82, 2.24) is 19.0 Å². The van der Waals surface area contributed by atoms with Crippen molar-refractivity contribution in [1.29, 1.82) is 0 Å². The molecule has 2 aromatic carbocycles. The smallest absolute Gasteiger partial charge is 0.263 e. The molecule has 3 aromatic rings. The van der Waals surface area contributed by atoms with Gasteiger partial charge in [-0.25, -0.2) is 8.42 Å². The molecule has 0 saturated heterocycles. The standard InChI is InChI=1S/C23H29IN4O4S/c1-26(2)13-14-28-22(24)15-23(25-28)33(29,30)27(16-18-5-9-20(31-3)10-6-18)17-19-7-11-21(32-4)12-8-19/h5-12,15H,13-14,16-17H2,1-4H3. The summed E-state index contributed by atoms with van der Waals surface area (Å²) in [6.45, 7) is 1.79. The van der Waals surface area contributed by atoms with Gasteiger partial charge >= 0.3 is 0 Å². The van der Waals surface area contributed by atoms with Crippen molar-refractivity contribution < 1.29 is 17.9 Å². The molecule has 0 fully saturated rings. The zero-order valence-corrected chi connectivity index (χ0v) is 22.2. The summed E-state index contributed by atoms with van der Waals surface area (Å²) in [5.41, 5.74) is 1.71. The summed E-state index contributed by atoms with van der Waals surface area (Å²) >= 11 is 2.13. The number of rotatable bonds is 11. The lowest BCUT2D eigenvalue weighted by atomic mass is 10.2. The number of hydrogen-bond donors (Lipinski definition) is 0. The Labute approximate surface area is 209 Å². The number of benzene rings is 2. The minimum Gasteiger partial charge on any atom is -0.497 e. The highest BCUT2D eigenvalue weighted by atomic mass is 127. The molecule has 3 rings (SSSR count). The minimum atomic E-state index is -3.85. The highest BCUT2D eigenvalue weighted by molar-refractivity contribution is 14.1. The van der Waals surface area contributed by atoms with Crippen LogP contribution in [0.3, 0.4) is 0 Å². The number of ether oxygens (including phenoxy) is 2. The summed E-state index contributed by atoms with van der Waals surface area (Å²) in [5, 5.41) is 4.47. The van der Waals surface area contributed by atoms with Crippen LogP contribution in [0.2, 0.25) is 0 Å². The van der Waals surface area contributed by atoms with Crippen molar-refractivity contribution in [2.45, 2.75) is 24.7 Å². The topological polar surface area (TPSA) is 76.9 Å². The van der Waals surface area contributed by atoms with Crippen LogP contribution in [0, 0.1) is 3.70 Å². The number of nitrogens with zero attached hydrogens (tertiary/aromatic N) is 4. The largest absolute Gasteiger partial charge is 0.497 e. The third kappa shape index (κ3) is 6.69. The molecule has 0 aliphatic heterocycles. The molecular weight excluding hydrogens is 555 g/mol. The first-order valence-corrected chi connectivity index (χ1v) is 12.9. The molecule has 8 nitrogen and oxygen atoms in total. The molecule has 33 heavy (non-hydrogen) atoms. The number of sulfonamides is 1. The number of aromatic nitrogens is 2. The molecule has 178 valence electrons. The maximum atomic E-state index is 13.7. The SMILES string of the molecule is COc1ccc(CN(Cc2ccc(OC)cc2)S(=O)(=O)c2cc(I)n(CCN(C)C)n2)cc1. The van der Waals surface area contributed by atoms with Gasteiger partial charge < -0.3 is 14.4 Å². The van der Waals surface area contributed by atoms with Crippen molar-refractivity contribution >= 4 is 32.6 Å². The maximum Gasteiger partial charge on any atom is 0.263 e. The summed E-state index contributed by atoms with van der Waals surface area (Å²) in [6, 6.07) is 16.4. The van der Waals surface area contributed by atoms with Gasteiger partial charge in [0.25, 0.3) is 10.0 Å². The molecule has 0 aliphatic rings. The Morgan fingerprint density at radius 3 is 1.82 bits per heavy atom. The van der Waals surface area contributed by atoms with Crippen LogP contribution in [0.15, 0.2) is 59.6 Å². The van der Waals surface area contributed by atoms with Crippen molar-refractivity contribution in [3.63, 3.8) is 0 Å². The molecule has 0 bridgehead atoms. The number of methoxy groups -OCH3 is 2. The molecule has 1 heterocycles. The second-order valence-electron chi connectivity index (χ2n) is 7.80. The molecule has 0 aliphatic carbocycles. The zero-order valence-electron chi connectivity index (χ0n) is 19.2. The first-order chi connectivity index (χ1) is 15.7. The van der Waals surface area contributed by atoms with Crippen LogP contribution in [-0.4, -0.2) is 62.3 Å². The number of halogens is 1. The lowest BCUT2D eigenvalue weighted by molar-refractivity contribution is 0.367. The predicted molar refractivity (Wildman–Crippen MR) is 136 cm³/mol. The van der Waals surface area contributed by atoms with Gasteiger partial charge in [0.05, 0.1) is 20.8 Å². The van der Waals surface area contributed by atoms with Crippen LogP contribution >= 0.6 is 22.6 Å². The second-order valence-corrected chi connectivity index (χ2v) is 10.8. The van der Waals surface area contributed by atoms with E-state index >= 15 is 0 Å². The predicted octanol–water partition coefficient (Wildman–Crippen LogP) is 3.46. The van der Waals surface area contributed by atoms with Crippen LogP contribution in [0.25, 0.3) is 0 Å². The zero-order chi connectivity index (χ0) is 24.0. The molecule has 0 saturated carbocycles. The Kier molecular flexibility index (Phi) is 8.74. The summed E-state index contributed by atoms with van der Waals surface area (Å²) < 4.78 is 41.8. The Hall–Kier alpha value is -2.15.